The number of amides is 2. The highest BCUT2D eigenvalue weighted by molar-refractivity contribution is 5.95. The standard InChI is InChI=1S/C18H17FN4O4/c19-12-1-3-13(4-2-12)23-11-18(27-9-16(23)25)7-8-22(10-18)17(26)14-5-6-15(24)21-20-14/h1-6H,7-11H2,(H,21,24). The first kappa shape index (κ1) is 17.3. The molecule has 8 nitrogen and oxygen atoms in total. The van der Waals surface area contributed by atoms with Crippen LogP contribution in [0.1, 0.15) is 16.9 Å². The van der Waals surface area contributed by atoms with E-state index in [-0.39, 0.29) is 42.0 Å². The lowest BCUT2D eigenvalue weighted by Crippen LogP contribution is -2.56. The van der Waals surface area contributed by atoms with Crippen LogP contribution in [0.25, 0.3) is 0 Å². The van der Waals surface area contributed by atoms with Crippen molar-refractivity contribution in [2.45, 2.75) is 12.0 Å². The van der Waals surface area contributed by atoms with Crippen molar-refractivity contribution in [3.05, 3.63) is 58.3 Å². The predicted molar refractivity (Wildman–Crippen MR) is 92.8 cm³/mol. The summed E-state index contributed by atoms with van der Waals surface area (Å²) < 4.78 is 19.0. The number of H-pyrrole nitrogens is 1. The molecule has 3 heterocycles. The molecule has 1 unspecified atom stereocenters. The largest absolute Gasteiger partial charge is 0.361 e. The molecule has 1 aromatic carbocycles. The summed E-state index contributed by atoms with van der Waals surface area (Å²) in [6.07, 6.45) is 0.563. The lowest BCUT2D eigenvalue weighted by molar-refractivity contribution is -0.137. The number of carbonyl (C=O) groups is 2. The Labute approximate surface area is 153 Å². The van der Waals surface area contributed by atoms with E-state index in [0.29, 0.717) is 25.2 Å². The predicted octanol–water partition coefficient (Wildman–Crippen LogP) is 0.557. The molecule has 2 aromatic rings. The van der Waals surface area contributed by atoms with Gasteiger partial charge in [0.1, 0.15) is 23.7 Å². The van der Waals surface area contributed by atoms with Crippen LogP contribution in [-0.4, -0.2) is 58.8 Å². The zero-order chi connectivity index (χ0) is 19.0. The molecule has 2 saturated heterocycles. The smallest absolute Gasteiger partial charge is 0.274 e. The second kappa shape index (κ2) is 6.58. The van der Waals surface area contributed by atoms with Gasteiger partial charge >= 0.3 is 0 Å². The Balaban J connectivity index is 1.51. The number of carbonyl (C=O) groups excluding carboxylic acids is 2. The quantitative estimate of drug-likeness (QED) is 0.831. The number of hydrogen-bond donors (Lipinski definition) is 1. The molecular weight excluding hydrogens is 355 g/mol. The molecule has 27 heavy (non-hydrogen) atoms. The van der Waals surface area contributed by atoms with Crippen molar-refractivity contribution in [2.24, 2.45) is 0 Å². The third-order valence-corrected chi connectivity index (χ3v) is 4.89. The van der Waals surface area contributed by atoms with E-state index in [4.69, 9.17) is 4.74 Å². The van der Waals surface area contributed by atoms with Gasteiger partial charge in [-0.05, 0) is 36.8 Å². The molecule has 2 amide bonds. The van der Waals surface area contributed by atoms with Crippen LogP contribution in [0.2, 0.25) is 0 Å². The van der Waals surface area contributed by atoms with Crippen molar-refractivity contribution < 1.29 is 18.7 Å². The van der Waals surface area contributed by atoms with Crippen molar-refractivity contribution in [3.8, 4) is 0 Å². The molecule has 0 saturated carbocycles. The molecule has 2 aliphatic rings. The first-order chi connectivity index (χ1) is 13.0. The number of aromatic amines is 1. The summed E-state index contributed by atoms with van der Waals surface area (Å²) in [5, 5.41) is 6.02. The van der Waals surface area contributed by atoms with Gasteiger partial charge < -0.3 is 14.5 Å². The number of benzene rings is 1. The maximum atomic E-state index is 13.2. The second-order valence-electron chi connectivity index (χ2n) is 6.71. The van der Waals surface area contributed by atoms with E-state index in [1.54, 1.807) is 21.9 Å². The Morgan fingerprint density at radius 3 is 2.63 bits per heavy atom. The molecule has 9 heteroatoms. The van der Waals surface area contributed by atoms with E-state index in [0.717, 1.165) is 0 Å². The zero-order valence-electron chi connectivity index (χ0n) is 14.4. The van der Waals surface area contributed by atoms with Gasteiger partial charge in [0.05, 0.1) is 13.1 Å². The third kappa shape index (κ3) is 3.33. The molecule has 4 rings (SSSR count). The van der Waals surface area contributed by atoms with Crippen molar-refractivity contribution in [1.29, 1.82) is 0 Å². The minimum absolute atomic E-state index is 0.101. The van der Waals surface area contributed by atoms with E-state index in [1.165, 1.54) is 24.3 Å². The Morgan fingerprint density at radius 2 is 1.93 bits per heavy atom. The van der Waals surface area contributed by atoms with Crippen LogP contribution in [-0.2, 0) is 9.53 Å². The number of halogens is 1. The Kier molecular flexibility index (Phi) is 4.23. The minimum atomic E-state index is -0.680. The normalized spacial score (nSPS) is 22.5. The lowest BCUT2D eigenvalue weighted by Gasteiger charge is -2.40. The number of nitrogens with one attached hydrogen (secondary N) is 1. The summed E-state index contributed by atoms with van der Waals surface area (Å²) in [4.78, 5) is 39.1. The highest BCUT2D eigenvalue weighted by Crippen LogP contribution is 2.32. The van der Waals surface area contributed by atoms with Gasteiger partial charge in [0.15, 0.2) is 0 Å². The number of anilines is 1. The highest BCUT2D eigenvalue weighted by Gasteiger charge is 2.46. The van der Waals surface area contributed by atoms with Crippen LogP contribution in [0.3, 0.4) is 0 Å². The maximum Gasteiger partial charge on any atom is 0.274 e. The summed E-state index contributed by atoms with van der Waals surface area (Å²) >= 11 is 0. The van der Waals surface area contributed by atoms with E-state index in [2.05, 4.69) is 10.2 Å². The number of likely N-dealkylation sites (tertiary alicyclic amines) is 1. The molecule has 140 valence electrons. The van der Waals surface area contributed by atoms with Gasteiger partial charge in [-0.15, -0.1) is 0 Å². The first-order valence-electron chi connectivity index (χ1n) is 8.51. The molecule has 0 bridgehead atoms. The number of aromatic nitrogens is 2. The van der Waals surface area contributed by atoms with Crippen molar-refractivity contribution in [3.63, 3.8) is 0 Å². The Hall–Kier alpha value is -3.07. The first-order valence-corrected chi connectivity index (χ1v) is 8.51. The SMILES string of the molecule is O=C(c1ccc(=O)[nH]n1)N1CCC2(C1)CN(c1ccc(F)cc1)C(=O)CO2. The fourth-order valence-electron chi connectivity index (χ4n) is 3.46. The highest BCUT2D eigenvalue weighted by atomic mass is 19.1. The maximum absolute atomic E-state index is 13.2. The van der Waals surface area contributed by atoms with Gasteiger partial charge in [-0.2, -0.15) is 5.10 Å². The fraction of sp³-hybridized carbons (Fsp3) is 0.333. The van der Waals surface area contributed by atoms with Gasteiger partial charge in [-0.25, -0.2) is 9.49 Å². The fourth-order valence-corrected chi connectivity index (χ4v) is 3.46. The average Bonchev–Trinajstić information content (AvgIpc) is 3.08. The Bertz CT molecular complexity index is 925. The molecule has 1 aromatic heterocycles. The summed E-state index contributed by atoms with van der Waals surface area (Å²) in [7, 11) is 0. The summed E-state index contributed by atoms with van der Waals surface area (Å²) in [6, 6.07) is 8.33. The van der Waals surface area contributed by atoms with Crippen molar-refractivity contribution in [1.82, 2.24) is 15.1 Å². The molecular formula is C18H17FN4O4. The lowest BCUT2D eigenvalue weighted by atomic mass is 10.00. The number of ether oxygens (including phenoxy) is 1. The Morgan fingerprint density at radius 1 is 1.15 bits per heavy atom. The average molecular weight is 372 g/mol. The van der Waals surface area contributed by atoms with Gasteiger partial charge in [-0.1, -0.05) is 0 Å². The molecule has 2 fully saturated rings. The molecule has 2 aliphatic heterocycles. The topological polar surface area (TPSA) is 95.6 Å². The van der Waals surface area contributed by atoms with Crippen LogP contribution in [0.15, 0.2) is 41.2 Å². The number of rotatable bonds is 2. The van der Waals surface area contributed by atoms with Gasteiger partial charge in [0.25, 0.3) is 17.4 Å². The van der Waals surface area contributed by atoms with Gasteiger partial charge in [0.2, 0.25) is 0 Å². The number of nitrogens with zero attached hydrogens (tertiary/aromatic N) is 3. The van der Waals surface area contributed by atoms with Crippen molar-refractivity contribution in [2.75, 3.05) is 31.1 Å². The van der Waals surface area contributed by atoms with Crippen LogP contribution < -0.4 is 10.5 Å². The zero-order valence-corrected chi connectivity index (χ0v) is 14.4. The van der Waals surface area contributed by atoms with Crippen LogP contribution in [0.5, 0.6) is 0 Å². The molecule has 0 aliphatic carbocycles. The number of morpholine rings is 1. The third-order valence-electron chi connectivity index (χ3n) is 4.89. The van der Waals surface area contributed by atoms with E-state index in [1.807, 2.05) is 0 Å². The van der Waals surface area contributed by atoms with Crippen LogP contribution in [0, 0.1) is 5.82 Å². The van der Waals surface area contributed by atoms with Crippen LogP contribution >= 0.6 is 0 Å². The summed E-state index contributed by atoms with van der Waals surface area (Å²) in [5.41, 5.74) is -0.321. The van der Waals surface area contributed by atoms with E-state index >= 15 is 0 Å². The molecule has 0 radical (unpaired) electrons. The molecule has 1 atom stereocenters. The van der Waals surface area contributed by atoms with Gasteiger partial charge in [-0.3, -0.25) is 14.4 Å². The van der Waals surface area contributed by atoms with Gasteiger partial charge in [0, 0.05) is 18.3 Å². The minimum Gasteiger partial charge on any atom is -0.361 e. The van der Waals surface area contributed by atoms with Crippen LogP contribution in [0.4, 0.5) is 10.1 Å². The van der Waals surface area contributed by atoms with E-state index < -0.39 is 5.60 Å². The van der Waals surface area contributed by atoms with Crippen molar-refractivity contribution >= 4 is 17.5 Å². The van der Waals surface area contributed by atoms with E-state index in [9.17, 15) is 18.8 Å². The summed E-state index contributed by atoms with van der Waals surface area (Å²) in [5.74, 6) is -0.892. The molecule has 1 N–H and O–H groups in total. The monoisotopic (exact) mass is 372 g/mol. The molecule has 1 spiro atoms. The summed E-state index contributed by atoms with van der Waals surface area (Å²) in [6.45, 7) is 0.930. The number of hydrogen-bond acceptors (Lipinski definition) is 5. The second-order valence-corrected chi connectivity index (χ2v) is 6.71.